The molecule has 7 nitrogen and oxygen atoms in total. The highest BCUT2D eigenvalue weighted by atomic mass is 16.5. The molecule has 7 heteroatoms. The maximum absolute atomic E-state index is 6.03. The van der Waals surface area contributed by atoms with E-state index >= 15 is 0 Å². The predicted molar refractivity (Wildman–Crippen MR) is 98.9 cm³/mol. The number of ether oxygens (including phenoxy) is 1. The summed E-state index contributed by atoms with van der Waals surface area (Å²) in [5.41, 5.74) is 8.49. The van der Waals surface area contributed by atoms with E-state index in [1.807, 2.05) is 0 Å². The molecule has 0 aromatic carbocycles. The molecule has 0 aliphatic carbocycles. The third-order valence-corrected chi connectivity index (χ3v) is 5.62. The fourth-order valence-electron chi connectivity index (χ4n) is 4.36. The van der Waals surface area contributed by atoms with Crippen LogP contribution in [0.2, 0.25) is 0 Å². The molecular formula is C18H30N6O. The highest BCUT2D eigenvalue weighted by Crippen LogP contribution is 2.28. The van der Waals surface area contributed by atoms with Gasteiger partial charge >= 0.3 is 0 Å². The van der Waals surface area contributed by atoms with Crippen LogP contribution in [0.4, 0.5) is 11.8 Å². The second-order valence-electron chi connectivity index (χ2n) is 7.45. The Bertz CT molecular complexity index is 589. The van der Waals surface area contributed by atoms with Crippen LogP contribution in [-0.4, -0.2) is 73.9 Å². The number of hydrogen-bond acceptors (Lipinski definition) is 7. The first-order chi connectivity index (χ1) is 12.3. The molecule has 0 amide bonds. The minimum atomic E-state index is 0.422. The fraction of sp³-hybridized carbons (Fsp3) is 0.778. The summed E-state index contributed by atoms with van der Waals surface area (Å²) < 4.78 is 5.48. The van der Waals surface area contributed by atoms with E-state index < -0.39 is 0 Å². The summed E-state index contributed by atoms with van der Waals surface area (Å²) in [5, 5.41) is 3.46. The highest BCUT2D eigenvalue weighted by Gasteiger charge is 2.27. The van der Waals surface area contributed by atoms with E-state index in [2.05, 4.69) is 25.1 Å². The van der Waals surface area contributed by atoms with Crippen molar-refractivity contribution < 1.29 is 4.74 Å². The van der Waals surface area contributed by atoms with Crippen molar-refractivity contribution in [3.05, 3.63) is 11.3 Å². The number of rotatable bonds is 3. The summed E-state index contributed by atoms with van der Waals surface area (Å²) in [6.45, 7) is 9.18. The summed E-state index contributed by atoms with van der Waals surface area (Å²) in [7, 11) is 0. The molecule has 0 radical (unpaired) electrons. The van der Waals surface area contributed by atoms with Gasteiger partial charge in [0.15, 0.2) is 0 Å². The Balaban J connectivity index is 1.50. The van der Waals surface area contributed by atoms with E-state index in [0.29, 0.717) is 11.9 Å². The van der Waals surface area contributed by atoms with E-state index in [4.69, 9.17) is 10.5 Å². The quantitative estimate of drug-likeness (QED) is 0.815. The Labute approximate surface area is 149 Å². The molecular weight excluding hydrogens is 316 g/mol. The van der Waals surface area contributed by atoms with E-state index in [1.54, 1.807) is 0 Å². The maximum Gasteiger partial charge on any atom is 0.222 e. The van der Waals surface area contributed by atoms with Crippen molar-refractivity contribution in [1.29, 1.82) is 0 Å². The molecule has 25 heavy (non-hydrogen) atoms. The zero-order chi connectivity index (χ0) is 17.1. The molecule has 3 N–H and O–H groups in total. The van der Waals surface area contributed by atoms with E-state index in [0.717, 1.165) is 76.8 Å². The summed E-state index contributed by atoms with van der Waals surface area (Å²) in [6, 6.07) is 0. The zero-order valence-electron chi connectivity index (χ0n) is 15.0. The Morgan fingerprint density at radius 1 is 1.12 bits per heavy atom. The van der Waals surface area contributed by atoms with Gasteiger partial charge in [0.05, 0.1) is 18.9 Å². The largest absolute Gasteiger partial charge is 0.379 e. The molecule has 0 bridgehead atoms. The lowest BCUT2D eigenvalue weighted by Gasteiger charge is -2.38. The minimum absolute atomic E-state index is 0.422. The standard InChI is InChI=1S/C18H30N6O/c19-18-21-16-4-6-20-5-3-15(16)17(22-18)24-7-1-2-14(13-24)12-23-8-10-25-11-9-23/h14,20H,1-13H2,(H2,19,21,22)/t14-/m0/s1. The van der Waals surface area contributed by atoms with Gasteiger partial charge in [-0.3, -0.25) is 4.90 Å². The number of fused-ring (bicyclic) bond motifs is 1. The Hall–Kier alpha value is -1.44. The van der Waals surface area contributed by atoms with E-state index in [-0.39, 0.29) is 0 Å². The van der Waals surface area contributed by atoms with Crippen molar-refractivity contribution in [2.24, 2.45) is 5.92 Å². The third kappa shape index (κ3) is 4.04. The van der Waals surface area contributed by atoms with E-state index in [9.17, 15) is 0 Å². The summed E-state index contributed by atoms with van der Waals surface area (Å²) in [5.74, 6) is 2.21. The van der Waals surface area contributed by atoms with Crippen LogP contribution in [0.3, 0.4) is 0 Å². The van der Waals surface area contributed by atoms with Gasteiger partial charge in [-0.2, -0.15) is 4.98 Å². The van der Waals surface area contributed by atoms with Gasteiger partial charge in [0.2, 0.25) is 5.95 Å². The number of aromatic nitrogens is 2. The molecule has 1 aromatic rings. The smallest absolute Gasteiger partial charge is 0.222 e. The number of nitrogens with zero attached hydrogens (tertiary/aromatic N) is 4. The fourth-order valence-corrected chi connectivity index (χ4v) is 4.36. The minimum Gasteiger partial charge on any atom is -0.379 e. The van der Waals surface area contributed by atoms with Crippen molar-refractivity contribution in [2.75, 3.05) is 69.7 Å². The molecule has 4 rings (SSSR count). The summed E-state index contributed by atoms with van der Waals surface area (Å²) >= 11 is 0. The van der Waals surface area contributed by atoms with Gasteiger partial charge in [0.25, 0.3) is 0 Å². The van der Waals surface area contributed by atoms with Gasteiger partial charge in [-0.05, 0) is 31.7 Å². The molecule has 0 unspecified atom stereocenters. The van der Waals surface area contributed by atoms with Crippen LogP contribution >= 0.6 is 0 Å². The second-order valence-corrected chi connectivity index (χ2v) is 7.45. The van der Waals surface area contributed by atoms with E-state index in [1.165, 1.54) is 24.9 Å². The summed E-state index contributed by atoms with van der Waals surface area (Å²) in [6.07, 6.45) is 4.47. The molecule has 0 saturated carbocycles. The molecule has 1 atom stereocenters. The van der Waals surface area contributed by atoms with Crippen LogP contribution in [-0.2, 0) is 17.6 Å². The van der Waals surface area contributed by atoms with Gasteiger partial charge in [0.1, 0.15) is 5.82 Å². The molecule has 3 aliphatic heterocycles. The number of nitrogens with one attached hydrogen (secondary N) is 1. The maximum atomic E-state index is 6.03. The first kappa shape index (κ1) is 17.0. The number of anilines is 2. The van der Waals surface area contributed by atoms with Gasteiger partial charge in [-0.1, -0.05) is 0 Å². The second kappa shape index (κ2) is 7.85. The highest BCUT2D eigenvalue weighted by molar-refractivity contribution is 5.53. The molecule has 4 heterocycles. The zero-order valence-corrected chi connectivity index (χ0v) is 15.0. The van der Waals surface area contributed by atoms with Crippen LogP contribution in [0.5, 0.6) is 0 Å². The molecule has 2 saturated heterocycles. The number of nitrogens with two attached hydrogens (primary N) is 1. The number of piperidine rings is 1. The first-order valence-electron chi connectivity index (χ1n) is 9.70. The molecule has 138 valence electrons. The lowest BCUT2D eigenvalue weighted by atomic mass is 9.96. The van der Waals surface area contributed by atoms with Crippen LogP contribution in [0.15, 0.2) is 0 Å². The topological polar surface area (TPSA) is 79.5 Å². The van der Waals surface area contributed by atoms with Crippen LogP contribution in [0.1, 0.15) is 24.1 Å². The molecule has 0 spiro atoms. The lowest BCUT2D eigenvalue weighted by Crippen LogP contribution is -2.45. The number of nitrogen functional groups attached to an aromatic ring is 1. The third-order valence-electron chi connectivity index (χ3n) is 5.62. The SMILES string of the molecule is Nc1nc2c(c(N3CCC[C@@H](CN4CCOCC4)C3)n1)CCNCC2. The van der Waals surface area contributed by atoms with Gasteiger partial charge in [-0.15, -0.1) is 0 Å². The Kier molecular flexibility index (Phi) is 5.33. The van der Waals surface area contributed by atoms with Gasteiger partial charge in [0, 0.05) is 51.3 Å². The van der Waals surface area contributed by atoms with Gasteiger partial charge < -0.3 is 20.7 Å². The van der Waals surface area contributed by atoms with Crippen molar-refractivity contribution in [3.63, 3.8) is 0 Å². The number of hydrogen-bond donors (Lipinski definition) is 2. The van der Waals surface area contributed by atoms with Crippen LogP contribution < -0.4 is 16.0 Å². The van der Waals surface area contributed by atoms with Gasteiger partial charge in [-0.25, -0.2) is 4.98 Å². The summed E-state index contributed by atoms with van der Waals surface area (Å²) in [4.78, 5) is 14.2. The van der Waals surface area contributed by atoms with Crippen molar-refractivity contribution in [2.45, 2.75) is 25.7 Å². The molecule has 1 aromatic heterocycles. The van der Waals surface area contributed by atoms with Crippen molar-refractivity contribution in [1.82, 2.24) is 20.2 Å². The van der Waals surface area contributed by atoms with Crippen molar-refractivity contribution >= 4 is 11.8 Å². The van der Waals surface area contributed by atoms with Crippen LogP contribution in [0, 0.1) is 5.92 Å². The number of morpholine rings is 1. The lowest BCUT2D eigenvalue weighted by molar-refractivity contribution is 0.0296. The Morgan fingerprint density at radius 2 is 1.96 bits per heavy atom. The average Bonchev–Trinajstić information content (AvgIpc) is 2.87. The molecule has 2 fully saturated rings. The normalized spacial score (nSPS) is 25.4. The Morgan fingerprint density at radius 3 is 2.84 bits per heavy atom. The first-order valence-corrected chi connectivity index (χ1v) is 9.70. The predicted octanol–water partition coefficient (Wildman–Crippen LogP) is 0.296. The monoisotopic (exact) mass is 346 g/mol. The average molecular weight is 346 g/mol. The van der Waals surface area contributed by atoms with Crippen molar-refractivity contribution in [3.8, 4) is 0 Å². The van der Waals surface area contributed by atoms with Crippen LogP contribution in [0.25, 0.3) is 0 Å². The molecule has 3 aliphatic rings.